The molecular weight excluding hydrogens is 446 g/mol. The lowest BCUT2D eigenvalue weighted by molar-refractivity contribution is -0.137. The summed E-state index contributed by atoms with van der Waals surface area (Å²) in [5.74, 6) is 1.49. The quantitative estimate of drug-likeness (QED) is 0.380. The number of halogens is 4. The third kappa shape index (κ3) is 7.37. The fourth-order valence-corrected chi connectivity index (χ4v) is 2.07. The number of alkyl halides is 3. The van der Waals surface area contributed by atoms with Gasteiger partial charge in [0.25, 0.3) is 0 Å². The van der Waals surface area contributed by atoms with E-state index in [1.165, 1.54) is 12.1 Å². The van der Waals surface area contributed by atoms with Crippen molar-refractivity contribution in [2.45, 2.75) is 26.1 Å². The summed E-state index contributed by atoms with van der Waals surface area (Å²) in [4.78, 5) is 4.38. The molecule has 0 bridgehead atoms. The van der Waals surface area contributed by atoms with E-state index in [0.717, 1.165) is 24.3 Å². The van der Waals surface area contributed by atoms with Crippen LogP contribution in [0.5, 0.6) is 0 Å². The highest BCUT2D eigenvalue weighted by Gasteiger charge is 2.29. The van der Waals surface area contributed by atoms with Gasteiger partial charge in [-0.2, -0.15) is 13.2 Å². The molecule has 0 spiro atoms. The van der Waals surface area contributed by atoms with Gasteiger partial charge in [0.1, 0.15) is 5.76 Å². The van der Waals surface area contributed by atoms with E-state index in [0.29, 0.717) is 31.2 Å². The van der Waals surface area contributed by atoms with Gasteiger partial charge in [0.15, 0.2) is 5.96 Å². The first kappa shape index (κ1) is 21.3. The van der Waals surface area contributed by atoms with Gasteiger partial charge in [0.2, 0.25) is 0 Å². The van der Waals surface area contributed by atoms with Crippen molar-refractivity contribution in [3.63, 3.8) is 0 Å². The molecule has 0 fully saturated rings. The van der Waals surface area contributed by atoms with Crippen LogP contribution in [-0.2, 0) is 19.1 Å². The lowest BCUT2D eigenvalue weighted by Gasteiger charge is -2.11. The predicted molar refractivity (Wildman–Crippen MR) is 102 cm³/mol. The fourth-order valence-electron chi connectivity index (χ4n) is 2.07. The summed E-state index contributed by atoms with van der Waals surface area (Å²) in [7, 11) is 0. The molecule has 8 heteroatoms. The second kappa shape index (κ2) is 10.3. The van der Waals surface area contributed by atoms with Gasteiger partial charge in [-0.15, -0.1) is 24.0 Å². The minimum atomic E-state index is -4.32. The zero-order chi connectivity index (χ0) is 17.4. The summed E-state index contributed by atoms with van der Waals surface area (Å²) >= 11 is 0. The van der Waals surface area contributed by atoms with Crippen LogP contribution in [-0.4, -0.2) is 19.0 Å². The third-order valence-electron chi connectivity index (χ3n) is 3.29. The van der Waals surface area contributed by atoms with Gasteiger partial charge in [-0.05, 0) is 36.8 Å². The van der Waals surface area contributed by atoms with Crippen LogP contribution in [0.4, 0.5) is 13.2 Å². The van der Waals surface area contributed by atoms with Crippen molar-refractivity contribution < 1.29 is 17.6 Å². The van der Waals surface area contributed by atoms with Crippen molar-refractivity contribution in [1.82, 2.24) is 10.6 Å². The molecule has 0 aliphatic rings. The molecule has 2 aromatic rings. The molecule has 0 atom stereocenters. The Balaban J connectivity index is 0.00000312. The molecule has 0 amide bonds. The lowest BCUT2D eigenvalue weighted by atomic mass is 10.1. The van der Waals surface area contributed by atoms with Crippen LogP contribution in [0.25, 0.3) is 0 Å². The normalized spacial score (nSPS) is 11.8. The maximum atomic E-state index is 12.5. The van der Waals surface area contributed by atoms with Crippen LogP contribution in [0.1, 0.15) is 23.8 Å². The van der Waals surface area contributed by atoms with Gasteiger partial charge in [-0.25, -0.2) is 4.99 Å². The van der Waals surface area contributed by atoms with Crippen LogP contribution >= 0.6 is 24.0 Å². The van der Waals surface area contributed by atoms with E-state index in [9.17, 15) is 13.2 Å². The largest absolute Gasteiger partial charge is 0.469 e. The van der Waals surface area contributed by atoms with Crippen LogP contribution in [0.15, 0.2) is 52.1 Å². The van der Waals surface area contributed by atoms with E-state index >= 15 is 0 Å². The molecular formula is C17H21F3IN3O. The van der Waals surface area contributed by atoms with Gasteiger partial charge in [0.05, 0.1) is 18.4 Å². The van der Waals surface area contributed by atoms with Crippen LogP contribution in [0.3, 0.4) is 0 Å². The Morgan fingerprint density at radius 2 is 1.84 bits per heavy atom. The maximum Gasteiger partial charge on any atom is 0.416 e. The molecule has 0 radical (unpaired) electrons. The highest BCUT2D eigenvalue weighted by Crippen LogP contribution is 2.29. The second-order valence-electron chi connectivity index (χ2n) is 5.15. The van der Waals surface area contributed by atoms with Crippen molar-refractivity contribution in [2.75, 3.05) is 13.1 Å². The zero-order valence-corrected chi connectivity index (χ0v) is 16.1. The SMILES string of the molecule is CCNC(=NCc1ccc(C(F)(F)F)cc1)NCCc1ccco1.I. The standard InChI is InChI=1S/C17H20F3N3O.HI/c1-2-21-16(22-10-9-15-4-3-11-24-15)23-12-13-5-7-14(8-6-13)17(18,19)20;/h3-8,11H,2,9-10,12H2,1H3,(H2,21,22,23);1H. The summed E-state index contributed by atoms with van der Waals surface area (Å²) in [6.07, 6.45) is -1.97. The molecule has 1 heterocycles. The smallest absolute Gasteiger partial charge is 0.416 e. The number of hydrogen-bond acceptors (Lipinski definition) is 2. The topological polar surface area (TPSA) is 49.6 Å². The molecule has 138 valence electrons. The van der Waals surface area contributed by atoms with Crippen LogP contribution < -0.4 is 10.6 Å². The first-order valence-corrected chi connectivity index (χ1v) is 7.69. The number of rotatable bonds is 6. The van der Waals surface area contributed by atoms with Gasteiger partial charge < -0.3 is 15.1 Å². The summed E-state index contributed by atoms with van der Waals surface area (Å²) in [6.45, 7) is 3.59. The Bertz CT molecular complexity index is 640. The van der Waals surface area contributed by atoms with E-state index < -0.39 is 11.7 Å². The van der Waals surface area contributed by atoms with Gasteiger partial charge in [-0.3, -0.25) is 0 Å². The maximum absolute atomic E-state index is 12.5. The summed E-state index contributed by atoms with van der Waals surface area (Å²) in [6, 6.07) is 8.76. The molecule has 0 saturated heterocycles. The Morgan fingerprint density at radius 1 is 1.12 bits per heavy atom. The minimum absolute atomic E-state index is 0. The van der Waals surface area contributed by atoms with Crippen molar-refractivity contribution >= 4 is 29.9 Å². The summed E-state index contributed by atoms with van der Waals surface area (Å²) in [5, 5.41) is 6.26. The minimum Gasteiger partial charge on any atom is -0.469 e. The van der Waals surface area contributed by atoms with E-state index in [1.807, 2.05) is 19.1 Å². The molecule has 4 nitrogen and oxygen atoms in total. The van der Waals surface area contributed by atoms with Gasteiger partial charge in [-0.1, -0.05) is 12.1 Å². The Hall–Kier alpha value is -1.71. The van der Waals surface area contributed by atoms with Crippen LogP contribution in [0.2, 0.25) is 0 Å². The highest BCUT2D eigenvalue weighted by atomic mass is 127. The van der Waals surface area contributed by atoms with Crippen molar-refractivity contribution in [2.24, 2.45) is 4.99 Å². The van der Waals surface area contributed by atoms with Crippen molar-refractivity contribution in [3.8, 4) is 0 Å². The van der Waals surface area contributed by atoms with Crippen molar-refractivity contribution in [1.29, 1.82) is 0 Å². The third-order valence-corrected chi connectivity index (χ3v) is 3.29. The molecule has 0 aliphatic carbocycles. The van der Waals surface area contributed by atoms with E-state index in [4.69, 9.17) is 4.42 Å². The zero-order valence-electron chi connectivity index (χ0n) is 13.8. The lowest BCUT2D eigenvalue weighted by Crippen LogP contribution is -2.38. The molecule has 0 unspecified atom stereocenters. The molecule has 1 aromatic carbocycles. The van der Waals surface area contributed by atoms with Crippen LogP contribution in [0, 0.1) is 0 Å². The van der Waals surface area contributed by atoms with Crippen molar-refractivity contribution in [3.05, 3.63) is 59.5 Å². The number of benzene rings is 1. The molecule has 2 N–H and O–H groups in total. The summed E-state index contributed by atoms with van der Waals surface area (Å²) < 4.78 is 42.9. The number of guanidine groups is 1. The number of furan rings is 1. The highest BCUT2D eigenvalue weighted by molar-refractivity contribution is 14.0. The average molecular weight is 467 g/mol. The molecule has 1 aromatic heterocycles. The Labute approximate surface area is 161 Å². The summed E-state index contributed by atoms with van der Waals surface area (Å²) in [5.41, 5.74) is 0.0601. The first-order chi connectivity index (χ1) is 11.5. The molecule has 0 aliphatic heterocycles. The number of nitrogens with one attached hydrogen (secondary N) is 2. The van der Waals surface area contributed by atoms with E-state index in [-0.39, 0.29) is 24.0 Å². The van der Waals surface area contributed by atoms with Gasteiger partial charge in [0, 0.05) is 19.5 Å². The molecule has 2 rings (SSSR count). The number of hydrogen-bond donors (Lipinski definition) is 2. The Kier molecular flexibility index (Phi) is 8.81. The average Bonchev–Trinajstić information content (AvgIpc) is 3.05. The Morgan fingerprint density at radius 3 is 2.40 bits per heavy atom. The van der Waals surface area contributed by atoms with E-state index in [1.54, 1.807) is 6.26 Å². The monoisotopic (exact) mass is 467 g/mol. The van der Waals surface area contributed by atoms with E-state index in [2.05, 4.69) is 15.6 Å². The molecule has 0 saturated carbocycles. The first-order valence-electron chi connectivity index (χ1n) is 7.69. The molecule has 25 heavy (non-hydrogen) atoms. The fraction of sp³-hybridized carbons (Fsp3) is 0.353. The number of nitrogens with zero attached hydrogens (tertiary/aromatic N) is 1. The predicted octanol–water partition coefficient (Wildman–Crippen LogP) is 4.21. The number of aliphatic imine (C=N–C) groups is 1. The second-order valence-corrected chi connectivity index (χ2v) is 5.15. The van der Waals surface area contributed by atoms with Gasteiger partial charge >= 0.3 is 6.18 Å².